The van der Waals surface area contributed by atoms with E-state index in [4.69, 9.17) is 5.26 Å². The topological polar surface area (TPSA) is 23.8 Å². The maximum absolute atomic E-state index is 14.9. The van der Waals surface area contributed by atoms with Gasteiger partial charge in [-0.05, 0) is 69.8 Å². The summed E-state index contributed by atoms with van der Waals surface area (Å²) in [4.78, 5) is 0. The van der Waals surface area contributed by atoms with E-state index in [1.54, 1.807) is 30.3 Å². The highest BCUT2D eigenvalue weighted by Gasteiger charge is 2.10. The van der Waals surface area contributed by atoms with Crippen LogP contribution >= 0.6 is 0 Å². The fourth-order valence-corrected chi connectivity index (χ4v) is 3.62. The Morgan fingerprint density at radius 1 is 0.852 bits per heavy atom. The van der Waals surface area contributed by atoms with Crippen molar-refractivity contribution in [3.8, 4) is 17.2 Å². The van der Waals surface area contributed by atoms with Gasteiger partial charge in [0.1, 0.15) is 5.82 Å². The molecule has 0 aromatic heterocycles. The van der Waals surface area contributed by atoms with Crippen LogP contribution in [0.25, 0.3) is 32.7 Å². The zero-order chi connectivity index (χ0) is 18.8. The van der Waals surface area contributed by atoms with Crippen molar-refractivity contribution in [1.82, 2.24) is 0 Å². The van der Waals surface area contributed by atoms with Gasteiger partial charge in [0.2, 0.25) is 0 Å². The van der Waals surface area contributed by atoms with Gasteiger partial charge in [-0.3, -0.25) is 0 Å². The third-order valence-corrected chi connectivity index (χ3v) is 5.13. The van der Waals surface area contributed by atoms with Crippen LogP contribution in [0.1, 0.15) is 30.9 Å². The van der Waals surface area contributed by atoms with Crippen molar-refractivity contribution >= 4 is 21.5 Å². The maximum atomic E-state index is 14.9. The molecular formula is C25H20FN. The summed E-state index contributed by atoms with van der Waals surface area (Å²) < 4.78 is 14.9. The molecule has 0 N–H and O–H groups in total. The molecule has 1 nitrogen and oxygen atoms in total. The Hall–Kier alpha value is -3.18. The molecule has 0 aliphatic rings. The third kappa shape index (κ3) is 3.29. The zero-order valence-corrected chi connectivity index (χ0v) is 15.3. The normalized spacial score (nSPS) is 11.0. The van der Waals surface area contributed by atoms with Gasteiger partial charge < -0.3 is 0 Å². The minimum Gasteiger partial charge on any atom is -0.206 e. The third-order valence-electron chi connectivity index (χ3n) is 5.13. The zero-order valence-electron chi connectivity index (χ0n) is 15.3. The Bertz CT molecular complexity index is 1170. The molecule has 0 amide bonds. The number of benzene rings is 4. The highest BCUT2D eigenvalue weighted by Crippen LogP contribution is 2.32. The summed E-state index contributed by atoms with van der Waals surface area (Å²) in [5, 5.41) is 13.1. The number of nitriles is 1. The van der Waals surface area contributed by atoms with E-state index >= 15 is 0 Å². The van der Waals surface area contributed by atoms with Gasteiger partial charge >= 0.3 is 0 Å². The molecular weight excluding hydrogens is 333 g/mol. The molecule has 0 fully saturated rings. The molecule has 0 bridgehead atoms. The highest BCUT2D eigenvalue weighted by atomic mass is 19.1. The van der Waals surface area contributed by atoms with Crippen molar-refractivity contribution < 1.29 is 4.39 Å². The van der Waals surface area contributed by atoms with Crippen molar-refractivity contribution in [2.24, 2.45) is 0 Å². The van der Waals surface area contributed by atoms with E-state index in [0.717, 1.165) is 33.5 Å². The Kier molecular flexibility index (Phi) is 4.60. The van der Waals surface area contributed by atoms with Gasteiger partial charge in [-0.15, -0.1) is 0 Å². The summed E-state index contributed by atoms with van der Waals surface area (Å²) in [6.07, 6.45) is 3.44. The molecule has 0 heterocycles. The smallest absolute Gasteiger partial charge is 0.131 e. The second kappa shape index (κ2) is 7.21. The lowest BCUT2D eigenvalue weighted by atomic mass is 9.95. The number of rotatable bonds is 4. The first-order valence-electron chi connectivity index (χ1n) is 9.35. The molecule has 0 aliphatic carbocycles. The lowest BCUT2D eigenvalue weighted by Crippen LogP contribution is -1.89. The number of halogens is 1. The van der Waals surface area contributed by atoms with Crippen LogP contribution in [-0.4, -0.2) is 0 Å². The summed E-state index contributed by atoms with van der Waals surface area (Å²) in [6, 6.07) is 23.3. The number of fused-ring (bicyclic) bond motifs is 3. The number of aryl methyl sites for hydroxylation is 1. The summed E-state index contributed by atoms with van der Waals surface area (Å²) in [6.45, 7) is 2.20. The fraction of sp³-hybridized carbons (Fsp3) is 0.160. The molecule has 132 valence electrons. The molecule has 0 saturated heterocycles. The Morgan fingerprint density at radius 3 is 2.30 bits per heavy atom. The van der Waals surface area contributed by atoms with Gasteiger partial charge in [0, 0.05) is 5.56 Å². The van der Waals surface area contributed by atoms with Gasteiger partial charge in [-0.25, -0.2) is 4.39 Å². The predicted molar refractivity (Wildman–Crippen MR) is 110 cm³/mol. The summed E-state index contributed by atoms with van der Waals surface area (Å²) >= 11 is 0. The lowest BCUT2D eigenvalue weighted by molar-refractivity contribution is 0.633. The molecule has 0 atom stereocenters. The Morgan fingerprint density at radius 2 is 1.59 bits per heavy atom. The average molecular weight is 353 g/mol. The van der Waals surface area contributed by atoms with E-state index in [9.17, 15) is 4.39 Å². The lowest BCUT2D eigenvalue weighted by Gasteiger charge is -2.10. The minimum absolute atomic E-state index is 0.241. The van der Waals surface area contributed by atoms with E-state index in [1.165, 1.54) is 18.4 Å². The Labute approximate surface area is 158 Å². The minimum atomic E-state index is -0.241. The number of unbranched alkanes of at least 4 members (excludes halogenated alkanes) is 1. The van der Waals surface area contributed by atoms with Gasteiger partial charge in [0.25, 0.3) is 0 Å². The van der Waals surface area contributed by atoms with Crippen molar-refractivity contribution in [3.05, 3.63) is 83.7 Å². The number of nitrogens with zero attached hydrogens (tertiary/aromatic N) is 1. The maximum Gasteiger partial charge on any atom is 0.131 e. The second-order valence-electron chi connectivity index (χ2n) is 6.97. The molecule has 0 saturated carbocycles. The van der Waals surface area contributed by atoms with E-state index in [0.29, 0.717) is 11.1 Å². The van der Waals surface area contributed by atoms with Crippen molar-refractivity contribution in [2.45, 2.75) is 26.2 Å². The van der Waals surface area contributed by atoms with Crippen LogP contribution in [0.2, 0.25) is 0 Å². The van der Waals surface area contributed by atoms with Gasteiger partial charge in [-0.2, -0.15) is 5.26 Å². The molecule has 0 unspecified atom stereocenters. The standard InChI is InChI=1S/C25H20FN/c1-2-3-4-17-7-12-22-20(13-17)10-11-21-14-24(25(26)15-23(21)22)19-8-5-18(16-27)6-9-19/h5-15H,2-4H2,1H3. The predicted octanol–water partition coefficient (Wildman–Crippen LogP) is 7.01. The van der Waals surface area contributed by atoms with Crippen LogP contribution in [0.5, 0.6) is 0 Å². The van der Waals surface area contributed by atoms with E-state index in [2.05, 4.69) is 43.3 Å². The molecule has 0 aliphatic heterocycles. The largest absolute Gasteiger partial charge is 0.206 e. The molecule has 27 heavy (non-hydrogen) atoms. The quantitative estimate of drug-likeness (QED) is 0.362. The van der Waals surface area contributed by atoms with Crippen molar-refractivity contribution in [1.29, 1.82) is 5.26 Å². The molecule has 0 radical (unpaired) electrons. The van der Waals surface area contributed by atoms with Crippen LogP contribution < -0.4 is 0 Å². The van der Waals surface area contributed by atoms with Gasteiger partial charge in [0.05, 0.1) is 11.6 Å². The summed E-state index contributed by atoms with van der Waals surface area (Å²) in [5.74, 6) is -0.241. The average Bonchev–Trinajstić information content (AvgIpc) is 2.71. The van der Waals surface area contributed by atoms with Gasteiger partial charge in [-0.1, -0.05) is 55.8 Å². The first-order valence-corrected chi connectivity index (χ1v) is 9.35. The van der Waals surface area contributed by atoms with Crippen LogP contribution in [-0.2, 0) is 6.42 Å². The van der Waals surface area contributed by atoms with Crippen LogP contribution in [0.4, 0.5) is 4.39 Å². The van der Waals surface area contributed by atoms with Gasteiger partial charge in [0.15, 0.2) is 0 Å². The highest BCUT2D eigenvalue weighted by molar-refractivity contribution is 6.08. The monoisotopic (exact) mass is 353 g/mol. The van der Waals surface area contributed by atoms with Crippen LogP contribution in [0, 0.1) is 17.1 Å². The van der Waals surface area contributed by atoms with E-state index < -0.39 is 0 Å². The van der Waals surface area contributed by atoms with Crippen LogP contribution in [0.15, 0.2) is 66.7 Å². The second-order valence-corrected chi connectivity index (χ2v) is 6.97. The van der Waals surface area contributed by atoms with Crippen LogP contribution in [0.3, 0.4) is 0 Å². The molecule has 4 rings (SSSR count). The molecule has 2 heteroatoms. The van der Waals surface area contributed by atoms with E-state index in [-0.39, 0.29) is 5.82 Å². The van der Waals surface area contributed by atoms with Crippen molar-refractivity contribution in [2.75, 3.05) is 0 Å². The SMILES string of the molecule is CCCCc1ccc2c(ccc3cc(-c4ccc(C#N)cc4)c(F)cc32)c1. The first-order chi connectivity index (χ1) is 13.2. The molecule has 0 spiro atoms. The first kappa shape index (κ1) is 17.2. The fourth-order valence-electron chi connectivity index (χ4n) is 3.62. The van der Waals surface area contributed by atoms with Crippen molar-refractivity contribution in [3.63, 3.8) is 0 Å². The number of hydrogen-bond donors (Lipinski definition) is 0. The summed E-state index contributed by atoms with van der Waals surface area (Å²) in [7, 11) is 0. The Balaban J connectivity index is 1.82. The molecule has 4 aromatic rings. The summed E-state index contributed by atoms with van der Waals surface area (Å²) in [5.41, 5.74) is 3.25. The van der Waals surface area contributed by atoms with E-state index in [1.807, 2.05) is 6.07 Å². The molecule has 4 aromatic carbocycles. The number of hydrogen-bond acceptors (Lipinski definition) is 1.